The zero-order valence-corrected chi connectivity index (χ0v) is 15.7. The van der Waals surface area contributed by atoms with Crippen LogP contribution in [0.3, 0.4) is 0 Å². The van der Waals surface area contributed by atoms with Gasteiger partial charge in [0.25, 0.3) is 0 Å². The van der Waals surface area contributed by atoms with Crippen LogP contribution in [0.1, 0.15) is 43.5 Å². The molecular weight excluding hydrogens is 386 g/mol. The molecule has 0 radical (unpaired) electrons. The van der Waals surface area contributed by atoms with Gasteiger partial charge in [-0.05, 0) is 74.1 Å². The van der Waals surface area contributed by atoms with Crippen molar-refractivity contribution in [3.8, 4) is 0 Å². The summed E-state index contributed by atoms with van der Waals surface area (Å²) < 4.78 is 53.2. The van der Waals surface area contributed by atoms with E-state index in [0.717, 1.165) is 0 Å². The molecule has 2 saturated carbocycles. The molecule has 1 amide bonds. The van der Waals surface area contributed by atoms with E-state index in [1.807, 2.05) is 11.4 Å². The Labute approximate surface area is 164 Å². The first kappa shape index (κ1) is 18.6. The number of imidazole rings is 1. The minimum Gasteiger partial charge on any atom is -0.344 e. The molecule has 3 fully saturated rings. The second-order valence-electron chi connectivity index (χ2n) is 8.53. The van der Waals surface area contributed by atoms with Crippen LogP contribution in [0.25, 0.3) is 17.1 Å². The Balaban J connectivity index is 1.39. The summed E-state index contributed by atoms with van der Waals surface area (Å²) in [5, 5.41) is 1.99. The molecule has 1 saturated heterocycles. The molecule has 2 N–H and O–H groups in total. The SMILES string of the molecule is O=C1NC(C(F)(F)F)CC1Cc1cc(F)c2nc(C=C(C3CC3)C3CC3)[nH]c2c1. The van der Waals surface area contributed by atoms with Crippen molar-refractivity contribution < 1.29 is 22.4 Å². The molecule has 2 heterocycles. The van der Waals surface area contributed by atoms with E-state index >= 15 is 0 Å². The fraction of sp³-hybridized carbons (Fsp3) is 0.524. The van der Waals surface area contributed by atoms with Crippen molar-refractivity contribution in [2.45, 2.75) is 50.7 Å². The number of aromatic amines is 1. The van der Waals surface area contributed by atoms with Gasteiger partial charge < -0.3 is 10.3 Å². The maximum absolute atomic E-state index is 14.6. The lowest BCUT2D eigenvalue weighted by Crippen LogP contribution is -2.38. The van der Waals surface area contributed by atoms with Crippen molar-refractivity contribution in [3.63, 3.8) is 0 Å². The van der Waals surface area contributed by atoms with E-state index in [2.05, 4.69) is 9.97 Å². The molecule has 5 rings (SSSR count). The van der Waals surface area contributed by atoms with E-state index in [-0.39, 0.29) is 18.4 Å². The maximum atomic E-state index is 14.6. The zero-order valence-electron chi connectivity index (χ0n) is 15.7. The number of nitrogens with one attached hydrogen (secondary N) is 2. The number of benzene rings is 1. The highest BCUT2D eigenvalue weighted by molar-refractivity contribution is 5.82. The summed E-state index contributed by atoms with van der Waals surface area (Å²) in [6, 6.07) is 1.12. The first-order valence-corrected chi connectivity index (χ1v) is 10.0. The summed E-state index contributed by atoms with van der Waals surface area (Å²) in [6.45, 7) is 0. The number of aromatic nitrogens is 2. The van der Waals surface area contributed by atoms with Crippen LogP contribution in [-0.4, -0.2) is 28.1 Å². The molecular formula is C21H21F4N3O. The monoisotopic (exact) mass is 407 g/mol. The van der Waals surface area contributed by atoms with Gasteiger partial charge in [0.15, 0.2) is 5.82 Å². The molecule has 0 bridgehead atoms. The second kappa shape index (κ2) is 6.57. The number of rotatable bonds is 5. The van der Waals surface area contributed by atoms with Crippen molar-refractivity contribution in [2.75, 3.05) is 0 Å². The number of hydrogen-bond donors (Lipinski definition) is 2. The Bertz CT molecular complexity index is 987. The number of carbonyl (C=O) groups excluding carboxylic acids is 1. The predicted octanol–water partition coefficient (Wildman–Crippen LogP) is 4.51. The van der Waals surface area contributed by atoms with Crippen molar-refractivity contribution in [1.29, 1.82) is 0 Å². The topological polar surface area (TPSA) is 57.8 Å². The van der Waals surface area contributed by atoms with Crippen molar-refractivity contribution in [1.82, 2.24) is 15.3 Å². The summed E-state index contributed by atoms with van der Waals surface area (Å²) in [4.78, 5) is 19.4. The van der Waals surface area contributed by atoms with Gasteiger partial charge in [-0.2, -0.15) is 13.2 Å². The second-order valence-corrected chi connectivity index (χ2v) is 8.53. The molecule has 29 heavy (non-hydrogen) atoms. The number of fused-ring (bicyclic) bond motifs is 1. The maximum Gasteiger partial charge on any atom is 0.408 e. The molecule has 8 heteroatoms. The van der Waals surface area contributed by atoms with Gasteiger partial charge in [-0.25, -0.2) is 9.37 Å². The smallest absolute Gasteiger partial charge is 0.344 e. The Morgan fingerprint density at radius 2 is 1.86 bits per heavy atom. The van der Waals surface area contributed by atoms with Gasteiger partial charge in [0.2, 0.25) is 5.91 Å². The number of nitrogens with zero attached hydrogens (tertiary/aromatic N) is 1. The minimum absolute atomic E-state index is 0.0604. The number of alkyl halides is 3. The van der Waals surface area contributed by atoms with E-state index in [9.17, 15) is 22.4 Å². The molecule has 2 aliphatic carbocycles. The standard InChI is InChI=1S/C21H21F4N3O/c22-15-6-10(5-13-8-17(21(23,24)25)27-20(13)29)7-16-19(15)28-18(26-16)9-14(11-1-2-11)12-3-4-12/h6-7,9,11-13,17H,1-5,8H2,(H,26,28)(H,27,29). The van der Waals surface area contributed by atoms with Crippen molar-refractivity contribution in [3.05, 3.63) is 34.9 Å². The molecule has 154 valence electrons. The number of amides is 1. The van der Waals surface area contributed by atoms with Crippen LogP contribution in [0.4, 0.5) is 17.6 Å². The molecule has 1 aromatic heterocycles. The quantitative estimate of drug-likeness (QED) is 0.717. The minimum atomic E-state index is -4.47. The normalized spacial score (nSPS) is 24.8. The van der Waals surface area contributed by atoms with Gasteiger partial charge in [0.1, 0.15) is 17.4 Å². The van der Waals surface area contributed by atoms with Gasteiger partial charge in [0.05, 0.1) is 5.52 Å². The average molecular weight is 407 g/mol. The van der Waals surface area contributed by atoms with Crippen molar-refractivity contribution in [2.24, 2.45) is 17.8 Å². The van der Waals surface area contributed by atoms with Crippen molar-refractivity contribution >= 4 is 23.0 Å². The summed E-state index contributed by atoms with van der Waals surface area (Å²) in [7, 11) is 0. The molecule has 1 aromatic carbocycles. The lowest BCUT2D eigenvalue weighted by molar-refractivity contribution is -0.154. The predicted molar refractivity (Wildman–Crippen MR) is 99.3 cm³/mol. The van der Waals surface area contributed by atoms with E-state index in [0.29, 0.717) is 28.7 Å². The van der Waals surface area contributed by atoms with Gasteiger partial charge in [0, 0.05) is 5.92 Å². The third kappa shape index (κ3) is 3.76. The summed E-state index contributed by atoms with van der Waals surface area (Å²) in [5.41, 5.74) is 2.60. The summed E-state index contributed by atoms with van der Waals surface area (Å²) >= 11 is 0. The van der Waals surface area contributed by atoms with Gasteiger partial charge >= 0.3 is 6.18 Å². The van der Waals surface area contributed by atoms with Gasteiger partial charge in [-0.3, -0.25) is 4.79 Å². The number of carbonyl (C=O) groups is 1. The third-order valence-electron chi connectivity index (χ3n) is 6.10. The van der Waals surface area contributed by atoms with Crippen LogP contribution < -0.4 is 5.32 Å². The highest BCUT2D eigenvalue weighted by Crippen LogP contribution is 2.49. The van der Waals surface area contributed by atoms with Crippen LogP contribution in [0.15, 0.2) is 17.7 Å². The fourth-order valence-electron chi connectivity index (χ4n) is 4.31. The Hall–Kier alpha value is -2.38. The van der Waals surface area contributed by atoms with Gasteiger partial charge in [-0.15, -0.1) is 0 Å². The van der Waals surface area contributed by atoms with E-state index in [1.165, 1.54) is 37.3 Å². The molecule has 2 unspecified atom stereocenters. The fourth-order valence-corrected chi connectivity index (χ4v) is 4.31. The molecule has 1 aliphatic heterocycles. The van der Waals surface area contributed by atoms with E-state index < -0.39 is 29.9 Å². The lowest BCUT2D eigenvalue weighted by atomic mass is 9.95. The third-order valence-corrected chi connectivity index (χ3v) is 6.10. The molecule has 4 nitrogen and oxygen atoms in total. The number of halogens is 4. The Kier molecular flexibility index (Phi) is 4.22. The molecule has 2 atom stereocenters. The van der Waals surface area contributed by atoms with Crippen LogP contribution in [-0.2, 0) is 11.2 Å². The molecule has 3 aliphatic rings. The number of H-pyrrole nitrogens is 1. The zero-order chi connectivity index (χ0) is 20.3. The van der Waals surface area contributed by atoms with Gasteiger partial charge in [-0.1, -0.05) is 5.57 Å². The molecule has 2 aromatic rings. The highest BCUT2D eigenvalue weighted by Gasteiger charge is 2.47. The van der Waals surface area contributed by atoms with E-state index in [4.69, 9.17) is 0 Å². The largest absolute Gasteiger partial charge is 0.408 e. The summed E-state index contributed by atoms with van der Waals surface area (Å²) in [5.74, 6) is -0.131. The molecule has 0 spiro atoms. The van der Waals surface area contributed by atoms with Crippen LogP contribution in [0.5, 0.6) is 0 Å². The average Bonchev–Trinajstić information content (AvgIpc) is 3.56. The lowest BCUT2D eigenvalue weighted by Gasteiger charge is -2.13. The summed E-state index contributed by atoms with van der Waals surface area (Å²) in [6.07, 6.45) is 2.09. The van der Waals surface area contributed by atoms with E-state index in [1.54, 1.807) is 6.07 Å². The Morgan fingerprint density at radius 1 is 1.17 bits per heavy atom. The van der Waals surface area contributed by atoms with Crippen LogP contribution >= 0.6 is 0 Å². The first-order chi connectivity index (χ1) is 13.8. The Morgan fingerprint density at radius 3 is 2.45 bits per heavy atom. The number of allylic oxidation sites excluding steroid dienone is 1. The first-order valence-electron chi connectivity index (χ1n) is 10.0. The van der Waals surface area contributed by atoms with Crippen LogP contribution in [0.2, 0.25) is 0 Å². The highest BCUT2D eigenvalue weighted by atomic mass is 19.4. The van der Waals surface area contributed by atoms with Crippen LogP contribution in [0, 0.1) is 23.6 Å². The number of hydrogen-bond acceptors (Lipinski definition) is 2.